The zero-order valence-corrected chi connectivity index (χ0v) is 13.9. The predicted octanol–water partition coefficient (Wildman–Crippen LogP) is 3.52. The van der Waals surface area contributed by atoms with E-state index in [1.54, 1.807) is 14.2 Å². The van der Waals surface area contributed by atoms with E-state index < -0.39 is 0 Å². The number of ether oxygens (including phenoxy) is 2. The van der Waals surface area contributed by atoms with Gasteiger partial charge in [0.1, 0.15) is 17.9 Å². The average molecular weight is 327 g/mol. The number of halogens is 2. The Morgan fingerprint density at radius 3 is 2.45 bits per heavy atom. The molecule has 0 spiro atoms. The summed E-state index contributed by atoms with van der Waals surface area (Å²) in [5, 5.41) is 0.497. The van der Waals surface area contributed by atoms with E-state index in [9.17, 15) is 4.39 Å². The summed E-state index contributed by atoms with van der Waals surface area (Å²) < 4.78 is 24.1. The molecule has 4 nitrogen and oxygen atoms in total. The molecule has 22 heavy (non-hydrogen) atoms. The number of aliphatic imine (C=N–C) groups is 2. The van der Waals surface area contributed by atoms with Gasteiger partial charge in [-0.1, -0.05) is 25.4 Å². The Labute approximate surface area is 135 Å². The minimum Gasteiger partial charge on any atom is -0.483 e. The zero-order chi connectivity index (χ0) is 16.3. The van der Waals surface area contributed by atoms with Crippen LogP contribution < -0.4 is 0 Å². The zero-order valence-electron chi connectivity index (χ0n) is 13.1. The van der Waals surface area contributed by atoms with Crippen LogP contribution in [0.25, 0.3) is 0 Å². The number of hydrogen-bond donors (Lipinski definition) is 0. The first kappa shape index (κ1) is 16.7. The normalized spacial score (nSPS) is 21.4. The summed E-state index contributed by atoms with van der Waals surface area (Å²) in [5.41, 5.74) is 0.665. The maximum absolute atomic E-state index is 13.4. The molecule has 0 N–H and O–H groups in total. The lowest BCUT2D eigenvalue weighted by molar-refractivity contribution is 0.332. The lowest BCUT2D eigenvalue weighted by Gasteiger charge is -2.27. The topological polar surface area (TPSA) is 43.2 Å². The van der Waals surface area contributed by atoms with Gasteiger partial charge in [-0.05, 0) is 29.7 Å². The quantitative estimate of drug-likeness (QED) is 0.853. The van der Waals surface area contributed by atoms with Crippen LogP contribution in [0, 0.1) is 11.7 Å². The van der Waals surface area contributed by atoms with Gasteiger partial charge in [0.15, 0.2) is 0 Å². The molecule has 1 aliphatic rings. The molecule has 120 valence electrons. The van der Waals surface area contributed by atoms with Crippen molar-refractivity contribution in [3.8, 4) is 0 Å². The fourth-order valence-electron chi connectivity index (χ4n) is 2.40. The van der Waals surface area contributed by atoms with Gasteiger partial charge >= 0.3 is 0 Å². The summed E-state index contributed by atoms with van der Waals surface area (Å²) in [5.74, 6) is 0.984. The van der Waals surface area contributed by atoms with Crippen LogP contribution in [-0.2, 0) is 15.9 Å². The fourth-order valence-corrected chi connectivity index (χ4v) is 2.60. The second kappa shape index (κ2) is 7.09. The standard InChI is InChI=1S/C16H20ClFN2O2/c1-9(2)14-16(22-4)19-13(15(20-14)21-3)8-10-7-11(18)5-6-12(10)17/h5-7,9,13-14H,8H2,1-4H3. The SMILES string of the molecule is COC1=NC(C(C)C)C(OC)=NC1Cc1cc(F)ccc1Cl. The lowest BCUT2D eigenvalue weighted by Crippen LogP contribution is -2.38. The Bertz CT molecular complexity index is 602. The van der Waals surface area contributed by atoms with E-state index >= 15 is 0 Å². The third-order valence-electron chi connectivity index (χ3n) is 3.56. The highest BCUT2D eigenvalue weighted by molar-refractivity contribution is 6.31. The second-order valence-electron chi connectivity index (χ2n) is 5.49. The molecule has 0 radical (unpaired) electrons. The summed E-state index contributed by atoms with van der Waals surface area (Å²) in [6, 6.07) is 3.74. The van der Waals surface area contributed by atoms with E-state index in [4.69, 9.17) is 21.1 Å². The van der Waals surface area contributed by atoms with Crippen molar-refractivity contribution in [3.63, 3.8) is 0 Å². The summed E-state index contributed by atoms with van der Waals surface area (Å²) in [6.07, 6.45) is 0.404. The van der Waals surface area contributed by atoms with Crippen LogP contribution in [0.5, 0.6) is 0 Å². The Hall–Kier alpha value is -1.62. The van der Waals surface area contributed by atoms with Crippen molar-refractivity contribution >= 4 is 23.4 Å². The van der Waals surface area contributed by atoms with Crippen LogP contribution in [0.15, 0.2) is 28.2 Å². The maximum Gasteiger partial charge on any atom is 0.209 e. The molecule has 2 atom stereocenters. The first-order chi connectivity index (χ1) is 10.5. The van der Waals surface area contributed by atoms with Crippen LogP contribution >= 0.6 is 11.6 Å². The minimum atomic E-state index is -0.366. The van der Waals surface area contributed by atoms with E-state index in [1.807, 2.05) is 13.8 Å². The van der Waals surface area contributed by atoms with Gasteiger partial charge in [0, 0.05) is 11.4 Å². The Morgan fingerprint density at radius 1 is 1.18 bits per heavy atom. The van der Waals surface area contributed by atoms with Gasteiger partial charge in [-0.2, -0.15) is 0 Å². The van der Waals surface area contributed by atoms with E-state index in [-0.39, 0.29) is 23.8 Å². The van der Waals surface area contributed by atoms with Crippen molar-refractivity contribution in [2.75, 3.05) is 14.2 Å². The molecule has 2 unspecified atom stereocenters. The van der Waals surface area contributed by atoms with Gasteiger partial charge in [-0.3, -0.25) is 0 Å². The van der Waals surface area contributed by atoms with Crippen molar-refractivity contribution in [2.24, 2.45) is 15.9 Å². The van der Waals surface area contributed by atoms with Gasteiger partial charge in [-0.25, -0.2) is 14.4 Å². The van der Waals surface area contributed by atoms with Gasteiger partial charge in [-0.15, -0.1) is 0 Å². The lowest BCUT2D eigenvalue weighted by atomic mass is 10.0. The largest absolute Gasteiger partial charge is 0.483 e. The van der Waals surface area contributed by atoms with Crippen molar-refractivity contribution in [1.82, 2.24) is 0 Å². The molecule has 1 heterocycles. The molecule has 0 saturated heterocycles. The van der Waals surface area contributed by atoms with Crippen molar-refractivity contribution < 1.29 is 13.9 Å². The van der Waals surface area contributed by atoms with Crippen LogP contribution in [0.4, 0.5) is 4.39 Å². The second-order valence-corrected chi connectivity index (χ2v) is 5.89. The predicted molar refractivity (Wildman–Crippen MR) is 86.4 cm³/mol. The van der Waals surface area contributed by atoms with E-state index in [0.29, 0.717) is 28.8 Å². The number of methoxy groups -OCH3 is 2. The summed E-state index contributed by atoms with van der Waals surface area (Å²) >= 11 is 6.13. The monoisotopic (exact) mass is 326 g/mol. The maximum atomic E-state index is 13.4. The van der Waals surface area contributed by atoms with Crippen LogP contribution in [0.1, 0.15) is 19.4 Å². The fraction of sp³-hybridized carbons (Fsp3) is 0.500. The Kier molecular flexibility index (Phi) is 5.40. The molecule has 0 aliphatic carbocycles. The highest BCUT2D eigenvalue weighted by Gasteiger charge is 2.31. The van der Waals surface area contributed by atoms with Gasteiger partial charge in [0.25, 0.3) is 0 Å². The Morgan fingerprint density at radius 2 is 1.86 bits per heavy atom. The van der Waals surface area contributed by atoms with E-state index in [0.717, 1.165) is 0 Å². The molecule has 0 amide bonds. The van der Waals surface area contributed by atoms with E-state index in [1.165, 1.54) is 18.2 Å². The van der Waals surface area contributed by atoms with Gasteiger partial charge < -0.3 is 9.47 Å². The van der Waals surface area contributed by atoms with Crippen molar-refractivity contribution in [1.29, 1.82) is 0 Å². The molecule has 6 heteroatoms. The number of benzene rings is 1. The average Bonchev–Trinajstić information content (AvgIpc) is 2.50. The minimum absolute atomic E-state index is 0.167. The number of rotatable bonds is 3. The molecule has 0 bridgehead atoms. The third-order valence-corrected chi connectivity index (χ3v) is 3.93. The molecule has 1 aromatic rings. The van der Waals surface area contributed by atoms with Crippen molar-refractivity contribution in [2.45, 2.75) is 32.4 Å². The number of nitrogens with zero attached hydrogens (tertiary/aromatic N) is 2. The molecule has 0 aromatic heterocycles. The van der Waals surface area contributed by atoms with E-state index in [2.05, 4.69) is 9.98 Å². The Balaban J connectivity index is 2.31. The molecule has 2 rings (SSSR count). The summed E-state index contributed by atoms with van der Waals surface area (Å²) in [7, 11) is 3.14. The highest BCUT2D eigenvalue weighted by atomic mass is 35.5. The molecular weight excluding hydrogens is 307 g/mol. The number of hydrogen-bond acceptors (Lipinski definition) is 4. The first-order valence-corrected chi connectivity index (χ1v) is 7.51. The van der Waals surface area contributed by atoms with Crippen LogP contribution in [-0.4, -0.2) is 38.1 Å². The van der Waals surface area contributed by atoms with Crippen LogP contribution in [0.3, 0.4) is 0 Å². The van der Waals surface area contributed by atoms with Crippen molar-refractivity contribution in [3.05, 3.63) is 34.6 Å². The molecule has 1 aromatic carbocycles. The first-order valence-electron chi connectivity index (χ1n) is 7.13. The van der Waals surface area contributed by atoms with Gasteiger partial charge in [0.2, 0.25) is 11.8 Å². The summed E-state index contributed by atoms with van der Waals surface area (Å²) in [6.45, 7) is 4.08. The molecule has 0 fully saturated rings. The third kappa shape index (κ3) is 3.58. The highest BCUT2D eigenvalue weighted by Crippen LogP contribution is 2.23. The summed E-state index contributed by atoms with van der Waals surface area (Å²) in [4.78, 5) is 9.16. The molecule has 1 aliphatic heterocycles. The smallest absolute Gasteiger partial charge is 0.209 e. The van der Waals surface area contributed by atoms with Gasteiger partial charge in [0.05, 0.1) is 14.2 Å². The molecule has 0 saturated carbocycles. The molecular formula is C16H20ClFN2O2. The van der Waals surface area contributed by atoms with Crippen LogP contribution in [0.2, 0.25) is 5.02 Å².